The Labute approximate surface area is 101 Å². The molecule has 0 spiro atoms. The maximum absolute atomic E-state index is 12.0. The van der Waals surface area contributed by atoms with Crippen molar-refractivity contribution >= 4 is 11.6 Å². The molecule has 0 heterocycles. The fourth-order valence-corrected chi connectivity index (χ4v) is 1.46. The molecule has 1 atom stereocenters. The molecule has 94 valence electrons. The molecule has 1 rings (SSSR count). The van der Waals surface area contributed by atoms with Crippen LogP contribution in [0.25, 0.3) is 0 Å². The van der Waals surface area contributed by atoms with Crippen molar-refractivity contribution in [2.75, 3.05) is 32.7 Å². The summed E-state index contributed by atoms with van der Waals surface area (Å²) in [6.07, 6.45) is -0.619. The van der Waals surface area contributed by atoms with Crippen LogP contribution < -0.4 is 15.4 Å². The van der Waals surface area contributed by atoms with Gasteiger partial charge in [-0.05, 0) is 12.1 Å². The first kappa shape index (κ1) is 13.5. The molecule has 0 aliphatic heterocycles. The van der Waals surface area contributed by atoms with E-state index in [1.807, 2.05) is 18.2 Å². The van der Waals surface area contributed by atoms with Gasteiger partial charge in [-0.3, -0.25) is 4.79 Å². The summed E-state index contributed by atoms with van der Waals surface area (Å²) in [6.45, 7) is 0.156. The average Bonchev–Trinajstić information content (AvgIpc) is 2.39. The van der Waals surface area contributed by atoms with Crippen LogP contribution in [0.5, 0.6) is 5.75 Å². The first-order valence-electron chi connectivity index (χ1n) is 5.28. The second-order valence-corrected chi connectivity index (χ2v) is 3.56. The number of ether oxygens (including phenoxy) is 2. The Hall–Kier alpha value is -1.59. The maximum atomic E-state index is 12.0. The van der Waals surface area contributed by atoms with Crippen molar-refractivity contribution in [2.45, 2.75) is 6.10 Å². The smallest absolute Gasteiger partial charge is 0.257 e. The van der Waals surface area contributed by atoms with Crippen molar-refractivity contribution in [3.05, 3.63) is 24.3 Å². The zero-order valence-electron chi connectivity index (χ0n) is 10.3. The molecule has 1 amide bonds. The number of hydrogen-bond acceptors (Lipinski definition) is 4. The monoisotopic (exact) mass is 238 g/mol. The molecule has 1 unspecified atom stereocenters. The SMILES string of the molecule is COc1cccc(N(C)C(=O)C(CN)OC)c1. The third kappa shape index (κ3) is 3.18. The first-order valence-corrected chi connectivity index (χ1v) is 5.28. The Morgan fingerprint density at radius 2 is 2.18 bits per heavy atom. The van der Waals surface area contributed by atoms with Gasteiger partial charge in [0.1, 0.15) is 11.9 Å². The van der Waals surface area contributed by atoms with Crippen LogP contribution >= 0.6 is 0 Å². The summed E-state index contributed by atoms with van der Waals surface area (Å²) in [5, 5.41) is 0. The van der Waals surface area contributed by atoms with Gasteiger partial charge >= 0.3 is 0 Å². The fourth-order valence-electron chi connectivity index (χ4n) is 1.46. The Morgan fingerprint density at radius 3 is 2.71 bits per heavy atom. The molecule has 5 heteroatoms. The molecular formula is C12H18N2O3. The molecule has 0 bridgehead atoms. The van der Waals surface area contributed by atoms with Gasteiger partial charge in [0.15, 0.2) is 0 Å². The third-order valence-corrected chi connectivity index (χ3v) is 2.55. The van der Waals surface area contributed by atoms with E-state index >= 15 is 0 Å². The van der Waals surface area contributed by atoms with Crippen molar-refractivity contribution in [2.24, 2.45) is 5.73 Å². The maximum Gasteiger partial charge on any atom is 0.257 e. The minimum Gasteiger partial charge on any atom is -0.497 e. The molecule has 17 heavy (non-hydrogen) atoms. The number of benzene rings is 1. The van der Waals surface area contributed by atoms with Gasteiger partial charge < -0.3 is 20.1 Å². The highest BCUT2D eigenvalue weighted by Crippen LogP contribution is 2.20. The third-order valence-electron chi connectivity index (χ3n) is 2.55. The van der Waals surface area contributed by atoms with E-state index in [1.165, 1.54) is 12.0 Å². The van der Waals surface area contributed by atoms with Crippen LogP contribution in [0.15, 0.2) is 24.3 Å². The number of nitrogens with two attached hydrogens (primary N) is 1. The van der Waals surface area contributed by atoms with Gasteiger partial charge in [-0.25, -0.2) is 0 Å². The quantitative estimate of drug-likeness (QED) is 0.817. The minimum atomic E-state index is -0.619. The number of likely N-dealkylation sites (N-methyl/N-ethyl adjacent to an activating group) is 1. The Morgan fingerprint density at radius 1 is 1.47 bits per heavy atom. The molecule has 0 fully saturated rings. The highest BCUT2D eigenvalue weighted by atomic mass is 16.5. The van der Waals surface area contributed by atoms with Crippen LogP contribution in [0.4, 0.5) is 5.69 Å². The molecule has 0 aliphatic carbocycles. The van der Waals surface area contributed by atoms with Gasteiger partial charge in [-0.15, -0.1) is 0 Å². The lowest BCUT2D eigenvalue weighted by molar-refractivity contribution is -0.127. The highest BCUT2D eigenvalue weighted by Gasteiger charge is 2.21. The van der Waals surface area contributed by atoms with E-state index in [1.54, 1.807) is 20.2 Å². The highest BCUT2D eigenvalue weighted by molar-refractivity contribution is 5.96. The Kier molecular flexibility index (Phi) is 4.93. The number of nitrogens with zero attached hydrogens (tertiary/aromatic N) is 1. The van der Waals surface area contributed by atoms with Gasteiger partial charge in [0.25, 0.3) is 5.91 Å². The molecule has 0 radical (unpaired) electrons. The summed E-state index contributed by atoms with van der Waals surface area (Å²) in [6, 6.07) is 7.24. The van der Waals surface area contributed by atoms with E-state index < -0.39 is 6.10 Å². The van der Waals surface area contributed by atoms with E-state index in [9.17, 15) is 4.79 Å². The van der Waals surface area contributed by atoms with Crippen LogP contribution in [0.1, 0.15) is 0 Å². The molecule has 0 aromatic heterocycles. The summed E-state index contributed by atoms with van der Waals surface area (Å²) >= 11 is 0. The van der Waals surface area contributed by atoms with Gasteiger partial charge in [-0.2, -0.15) is 0 Å². The first-order chi connectivity index (χ1) is 8.13. The number of amides is 1. The number of carbonyl (C=O) groups excluding carboxylic acids is 1. The molecule has 5 nitrogen and oxygen atoms in total. The molecule has 1 aromatic rings. The summed E-state index contributed by atoms with van der Waals surface area (Å²) in [5.41, 5.74) is 6.20. The van der Waals surface area contributed by atoms with Crippen molar-refractivity contribution in [3.8, 4) is 5.75 Å². The standard InChI is InChI=1S/C12H18N2O3/c1-14(12(15)11(8-13)17-3)9-5-4-6-10(7-9)16-2/h4-7,11H,8,13H2,1-3H3. The lowest BCUT2D eigenvalue weighted by Gasteiger charge is -2.22. The second kappa shape index (κ2) is 6.22. The van der Waals surface area contributed by atoms with E-state index in [2.05, 4.69) is 0 Å². The summed E-state index contributed by atoms with van der Waals surface area (Å²) < 4.78 is 10.1. The predicted molar refractivity (Wildman–Crippen MR) is 66.3 cm³/mol. The topological polar surface area (TPSA) is 64.8 Å². The molecule has 0 saturated carbocycles. The molecule has 0 saturated heterocycles. The van der Waals surface area contributed by atoms with Gasteiger partial charge in [0.05, 0.1) is 7.11 Å². The minimum absolute atomic E-state index is 0.156. The summed E-state index contributed by atoms with van der Waals surface area (Å²) in [4.78, 5) is 13.5. The van der Waals surface area contributed by atoms with Crippen LogP contribution in [-0.2, 0) is 9.53 Å². The molecule has 1 aromatic carbocycles. The number of methoxy groups -OCH3 is 2. The zero-order chi connectivity index (χ0) is 12.8. The lowest BCUT2D eigenvalue weighted by Crippen LogP contribution is -2.41. The van der Waals surface area contributed by atoms with E-state index in [0.717, 1.165) is 5.69 Å². The largest absolute Gasteiger partial charge is 0.497 e. The van der Waals surface area contributed by atoms with E-state index in [0.29, 0.717) is 5.75 Å². The number of carbonyl (C=O) groups is 1. The fraction of sp³-hybridized carbons (Fsp3) is 0.417. The normalized spacial score (nSPS) is 12.0. The summed E-state index contributed by atoms with van der Waals surface area (Å²) in [7, 11) is 4.73. The number of hydrogen-bond donors (Lipinski definition) is 1. The van der Waals surface area contributed by atoms with E-state index in [4.69, 9.17) is 15.2 Å². The van der Waals surface area contributed by atoms with Crippen LogP contribution in [0.2, 0.25) is 0 Å². The van der Waals surface area contributed by atoms with Crippen LogP contribution in [0.3, 0.4) is 0 Å². The Bertz CT molecular complexity index is 378. The molecular weight excluding hydrogens is 220 g/mol. The van der Waals surface area contributed by atoms with Crippen molar-refractivity contribution < 1.29 is 14.3 Å². The van der Waals surface area contributed by atoms with E-state index in [-0.39, 0.29) is 12.5 Å². The van der Waals surface area contributed by atoms with Crippen molar-refractivity contribution in [1.82, 2.24) is 0 Å². The molecule has 2 N–H and O–H groups in total. The van der Waals surface area contributed by atoms with Crippen LogP contribution in [0, 0.1) is 0 Å². The lowest BCUT2D eigenvalue weighted by atomic mass is 10.2. The van der Waals surface area contributed by atoms with Crippen LogP contribution in [-0.4, -0.2) is 39.8 Å². The number of anilines is 1. The van der Waals surface area contributed by atoms with Gasteiger partial charge in [0.2, 0.25) is 0 Å². The van der Waals surface area contributed by atoms with Crippen molar-refractivity contribution in [1.29, 1.82) is 0 Å². The molecule has 0 aliphatic rings. The summed E-state index contributed by atoms with van der Waals surface area (Å²) in [5.74, 6) is 0.520. The van der Waals surface area contributed by atoms with Gasteiger partial charge in [-0.1, -0.05) is 6.07 Å². The zero-order valence-corrected chi connectivity index (χ0v) is 10.3. The van der Waals surface area contributed by atoms with Crippen molar-refractivity contribution in [3.63, 3.8) is 0 Å². The van der Waals surface area contributed by atoms with Gasteiger partial charge in [0, 0.05) is 32.5 Å². The average molecular weight is 238 g/mol. The predicted octanol–water partition coefficient (Wildman–Crippen LogP) is 0.632. The second-order valence-electron chi connectivity index (χ2n) is 3.56. The number of rotatable bonds is 5. The Balaban J connectivity index is 2.87.